The minimum Gasteiger partial charge on any atom is -0.504 e. The van der Waals surface area contributed by atoms with Crippen molar-refractivity contribution in [2.45, 2.75) is 0 Å². The van der Waals surface area contributed by atoms with Crippen LogP contribution in [-0.4, -0.2) is 19.2 Å². The molecule has 0 saturated heterocycles. The van der Waals surface area contributed by atoms with Crippen molar-refractivity contribution in [3.05, 3.63) is 24.5 Å². The molecule has 2 rings (SSSR count). The SMILES string of the molecule is CN(C)c1ccc2c(O)coc2c1. The van der Waals surface area contributed by atoms with Gasteiger partial charge in [0.05, 0.1) is 5.39 Å². The van der Waals surface area contributed by atoms with E-state index in [2.05, 4.69) is 0 Å². The molecule has 0 aliphatic carbocycles. The number of hydrogen-bond donors (Lipinski definition) is 1. The zero-order valence-electron chi connectivity index (χ0n) is 7.61. The molecule has 3 heteroatoms. The van der Waals surface area contributed by atoms with E-state index >= 15 is 0 Å². The Morgan fingerprint density at radius 2 is 2.08 bits per heavy atom. The molecule has 0 aliphatic heterocycles. The maximum absolute atomic E-state index is 9.33. The van der Waals surface area contributed by atoms with Gasteiger partial charge >= 0.3 is 0 Å². The molecule has 0 atom stereocenters. The zero-order valence-corrected chi connectivity index (χ0v) is 7.61. The highest BCUT2D eigenvalue weighted by molar-refractivity contribution is 5.86. The predicted molar refractivity (Wildman–Crippen MR) is 52.2 cm³/mol. The molecule has 1 aromatic carbocycles. The Morgan fingerprint density at radius 1 is 1.31 bits per heavy atom. The van der Waals surface area contributed by atoms with Crippen LogP contribution in [0.4, 0.5) is 5.69 Å². The second-order valence-corrected chi connectivity index (χ2v) is 3.20. The van der Waals surface area contributed by atoms with E-state index in [-0.39, 0.29) is 5.75 Å². The van der Waals surface area contributed by atoms with Crippen molar-refractivity contribution in [3.63, 3.8) is 0 Å². The van der Waals surface area contributed by atoms with Crippen LogP contribution >= 0.6 is 0 Å². The van der Waals surface area contributed by atoms with E-state index in [1.165, 1.54) is 6.26 Å². The summed E-state index contributed by atoms with van der Waals surface area (Å²) in [6, 6.07) is 5.69. The lowest BCUT2D eigenvalue weighted by atomic mass is 10.2. The molecule has 0 aliphatic rings. The van der Waals surface area contributed by atoms with Crippen LogP contribution in [0.2, 0.25) is 0 Å². The third-order valence-electron chi connectivity index (χ3n) is 2.06. The average molecular weight is 177 g/mol. The quantitative estimate of drug-likeness (QED) is 0.725. The lowest BCUT2D eigenvalue weighted by Crippen LogP contribution is -2.07. The van der Waals surface area contributed by atoms with Crippen LogP contribution in [0.25, 0.3) is 11.0 Å². The fourth-order valence-corrected chi connectivity index (χ4v) is 1.28. The normalized spacial score (nSPS) is 10.6. The first kappa shape index (κ1) is 7.98. The maximum Gasteiger partial charge on any atom is 0.161 e. The molecular formula is C10H11NO2. The van der Waals surface area contributed by atoms with Gasteiger partial charge in [-0.15, -0.1) is 0 Å². The van der Waals surface area contributed by atoms with Gasteiger partial charge in [-0.2, -0.15) is 0 Å². The number of furan rings is 1. The second kappa shape index (κ2) is 2.69. The van der Waals surface area contributed by atoms with E-state index in [1.807, 2.05) is 37.2 Å². The van der Waals surface area contributed by atoms with Crippen molar-refractivity contribution in [1.82, 2.24) is 0 Å². The number of hydrogen-bond acceptors (Lipinski definition) is 3. The van der Waals surface area contributed by atoms with Gasteiger partial charge in [0.15, 0.2) is 5.75 Å². The van der Waals surface area contributed by atoms with Crippen LogP contribution in [0.15, 0.2) is 28.9 Å². The van der Waals surface area contributed by atoms with Crippen LogP contribution < -0.4 is 4.90 Å². The lowest BCUT2D eigenvalue weighted by molar-refractivity contribution is 0.464. The number of anilines is 1. The Bertz CT molecular complexity index is 431. The van der Waals surface area contributed by atoms with Crippen molar-refractivity contribution in [3.8, 4) is 5.75 Å². The Morgan fingerprint density at radius 3 is 2.77 bits per heavy atom. The minimum atomic E-state index is 0.195. The molecule has 0 unspecified atom stereocenters. The number of benzene rings is 1. The van der Waals surface area contributed by atoms with Crippen LogP contribution in [0, 0.1) is 0 Å². The molecular weight excluding hydrogens is 166 g/mol. The summed E-state index contributed by atoms with van der Waals surface area (Å²) in [4.78, 5) is 1.99. The van der Waals surface area contributed by atoms with Crippen LogP contribution in [0.5, 0.6) is 5.75 Å². The second-order valence-electron chi connectivity index (χ2n) is 3.20. The van der Waals surface area contributed by atoms with Gasteiger partial charge in [-0.3, -0.25) is 0 Å². The molecule has 0 saturated carbocycles. The van der Waals surface area contributed by atoms with Gasteiger partial charge in [0.2, 0.25) is 0 Å². The van der Waals surface area contributed by atoms with Gasteiger partial charge in [0, 0.05) is 25.8 Å². The van der Waals surface area contributed by atoms with E-state index in [0.717, 1.165) is 11.1 Å². The van der Waals surface area contributed by atoms with Crippen molar-refractivity contribution in [1.29, 1.82) is 0 Å². The lowest BCUT2D eigenvalue weighted by Gasteiger charge is -2.11. The summed E-state index contributed by atoms with van der Waals surface area (Å²) in [6.45, 7) is 0. The van der Waals surface area contributed by atoms with E-state index in [0.29, 0.717) is 5.58 Å². The summed E-state index contributed by atoms with van der Waals surface area (Å²) in [5.41, 5.74) is 1.77. The highest BCUT2D eigenvalue weighted by atomic mass is 16.4. The zero-order chi connectivity index (χ0) is 9.42. The molecule has 0 spiro atoms. The molecule has 0 fully saturated rings. The summed E-state index contributed by atoms with van der Waals surface area (Å²) < 4.78 is 5.16. The van der Waals surface area contributed by atoms with Crippen molar-refractivity contribution >= 4 is 16.7 Å². The van der Waals surface area contributed by atoms with Gasteiger partial charge in [0.1, 0.15) is 11.8 Å². The highest BCUT2D eigenvalue weighted by Crippen LogP contribution is 2.29. The van der Waals surface area contributed by atoms with Gasteiger partial charge in [0.25, 0.3) is 0 Å². The number of aromatic hydroxyl groups is 1. The van der Waals surface area contributed by atoms with E-state index in [1.54, 1.807) is 0 Å². The number of rotatable bonds is 1. The van der Waals surface area contributed by atoms with Gasteiger partial charge in [-0.25, -0.2) is 0 Å². The summed E-state index contributed by atoms with van der Waals surface area (Å²) >= 11 is 0. The molecule has 1 aromatic heterocycles. The molecule has 0 bridgehead atoms. The molecule has 68 valence electrons. The Kier molecular flexibility index (Phi) is 1.65. The van der Waals surface area contributed by atoms with Crippen molar-refractivity contribution in [2.75, 3.05) is 19.0 Å². The van der Waals surface area contributed by atoms with E-state index < -0.39 is 0 Å². The minimum absolute atomic E-state index is 0.195. The Labute approximate surface area is 76.2 Å². The summed E-state index contributed by atoms with van der Waals surface area (Å²) in [5, 5.41) is 10.1. The molecule has 13 heavy (non-hydrogen) atoms. The highest BCUT2D eigenvalue weighted by Gasteiger charge is 2.05. The third kappa shape index (κ3) is 1.22. The van der Waals surface area contributed by atoms with Crippen molar-refractivity contribution in [2.24, 2.45) is 0 Å². The maximum atomic E-state index is 9.33. The van der Waals surface area contributed by atoms with E-state index in [4.69, 9.17) is 4.42 Å². The monoisotopic (exact) mass is 177 g/mol. The number of nitrogens with zero attached hydrogens (tertiary/aromatic N) is 1. The largest absolute Gasteiger partial charge is 0.504 e. The molecule has 0 radical (unpaired) electrons. The van der Waals surface area contributed by atoms with Crippen molar-refractivity contribution < 1.29 is 9.52 Å². The molecule has 3 nitrogen and oxygen atoms in total. The Balaban J connectivity index is 2.63. The first-order chi connectivity index (χ1) is 6.18. The summed E-state index contributed by atoms with van der Waals surface area (Å²) in [6.07, 6.45) is 1.35. The fourth-order valence-electron chi connectivity index (χ4n) is 1.28. The van der Waals surface area contributed by atoms with Crippen LogP contribution in [0.1, 0.15) is 0 Å². The van der Waals surface area contributed by atoms with Gasteiger partial charge in [-0.05, 0) is 12.1 Å². The standard InChI is InChI=1S/C10H11NO2/c1-11(2)7-3-4-8-9(12)6-13-10(8)5-7/h3-6,12H,1-2H3. The third-order valence-corrected chi connectivity index (χ3v) is 2.06. The smallest absolute Gasteiger partial charge is 0.161 e. The molecule has 2 aromatic rings. The molecule has 1 heterocycles. The molecule has 0 amide bonds. The summed E-state index contributed by atoms with van der Waals surface area (Å²) in [5.74, 6) is 0.195. The van der Waals surface area contributed by atoms with Crippen LogP contribution in [-0.2, 0) is 0 Å². The van der Waals surface area contributed by atoms with E-state index in [9.17, 15) is 5.11 Å². The summed E-state index contributed by atoms with van der Waals surface area (Å²) in [7, 11) is 3.92. The van der Waals surface area contributed by atoms with Crippen LogP contribution in [0.3, 0.4) is 0 Å². The predicted octanol–water partition coefficient (Wildman–Crippen LogP) is 2.20. The Hall–Kier alpha value is -1.64. The van der Waals surface area contributed by atoms with Gasteiger partial charge < -0.3 is 14.4 Å². The topological polar surface area (TPSA) is 36.6 Å². The van der Waals surface area contributed by atoms with Gasteiger partial charge in [-0.1, -0.05) is 0 Å². The fraction of sp³-hybridized carbons (Fsp3) is 0.200. The molecule has 1 N–H and O–H groups in total. The number of fused-ring (bicyclic) bond motifs is 1. The average Bonchev–Trinajstić information content (AvgIpc) is 2.47. The first-order valence-corrected chi connectivity index (χ1v) is 4.06. The first-order valence-electron chi connectivity index (χ1n) is 4.06.